The van der Waals surface area contributed by atoms with Gasteiger partial charge in [-0.1, -0.05) is 0 Å². The van der Waals surface area contributed by atoms with E-state index in [0.29, 0.717) is 13.0 Å². The minimum Gasteiger partial charge on any atom is -0.380 e. The standard InChI is InChI=1S/C6H11F2NO/c1-10-4-2-5(6(7)8)9-3-4/h4-6,9H,2-3H2,1H3/t4-,5+/m1/s1. The molecular weight excluding hydrogens is 140 g/mol. The first-order valence-corrected chi connectivity index (χ1v) is 3.28. The maximum atomic E-state index is 11.9. The van der Waals surface area contributed by atoms with Crippen LogP contribution in [0.15, 0.2) is 0 Å². The van der Waals surface area contributed by atoms with Crippen molar-refractivity contribution in [3.63, 3.8) is 0 Å². The Morgan fingerprint density at radius 1 is 1.60 bits per heavy atom. The molecule has 0 aromatic rings. The average Bonchev–Trinajstić information content (AvgIpc) is 2.34. The fourth-order valence-corrected chi connectivity index (χ4v) is 1.10. The first-order valence-electron chi connectivity index (χ1n) is 3.28. The number of ether oxygens (including phenoxy) is 1. The Bertz CT molecular complexity index is 110. The second kappa shape index (κ2) is 3.25. The van der Waals surface area contributed by atoms with Crippen LogP contribution in [0, 0.1) is 0 Å². The maximum Gasteiger partial charge on any atom is 0.253 e. The van der Waals surface area contributed by atoms with E-state index in [-0.39, 0.29) is 6.10 Å². The van der Waals surface area contributed by atoms with Crippen LogP contribution in [0.25, 0.3) is 0 Å². The van der Waals surface area contributed by atoms with Gasteiger partial charge in [0.05, 0.1) is 12.1 Å². The minimum atomic E-state index is -2.26. The van der Waals surface area contributed by atoms with Crippen molar-refractivity contribution in [1.82, 2.24) is 5.32 Å². The number of rotatable bonds is 2. The minimum absolute atomic E-state index is 0.0287. The number of hydrogen-bond donors (Lipinski definition) is 1. The molecule has 2 nitrogen and oxygen atoms in total. The Morgan fingerprint density at radius 2 is 2.30 bits per heavy atom. The second-order valence-electron chi connectivity index (χ2n) is 2.44. The van der Waals surface area contributed by atoms with Gasteiger partial charge in [-0.05, 0) is 6.42 Å². The molecule has 0 amide bonds. The third-order valence-electron chi connectivity index (χ3n) is 1.76. The molecule has 1 saturated heterocycles. The van der Waals surface area contributed by atoms with Crippen molar-refractivity contribution in [2.45, 2.75) is 25.0 Å². The molecule has 10 heavy (non-hydrogen) atoms. The summed E-state index contributed by atoms with van der Waals surface area (Å²) in [7, 11) is 1.54. The zero-order valence-electron chi connectivity index (χ0n) is 5.81. The van der Waals surface area contributed by atoms with Gasteiger partial charge in [0.15, 0.2) is 0 Å². The highest BCUT2D eigenvalue weighted by molar-refractivity contribution is 4.83. The highest BCUT2D eigenvalue weighted by Gasteiger charge is 2.30. The Hall–Kier alpha value is -0.220. The van der Waals surface area contributed by atoms with Crippen molar-refractivity contribution in [3.05, 3.63) is 0 Å². The molecule has 0 saturated carbocycles. The molecule has 1 rings (SSSR count). The zero-order valence-corrected chi connectivity index (χ0v) is 5.81. The number of hydrogen-bond acceptors (Lipinski definition) is 2. The largest absolute Gasteiger partial charge is 0.380 e. The van der Waals surface area contributed by atoms with Gasteiger partial charge in [0.2, 0.25) is 0 Å². The fraction of sp³-hybridized carbons (Fsp3) is 1.00. The second-order valence-corrected chi connectivity index (χ2v) is 2.44. The van der Waals surface area contributed by atoms with Crippen LogP contribution in [-0.2, 0) is 4.74 Å². The summed E-state index contributed by atoms with van der Waals surface area (Å²) < 4.78 is 28.8. The molecule has 4 heteroatoms. The van der Waals surface area contributed by atoms with Crippen LogP contribution in [0.5, 0.6) is 0 Å². The molecule has 2 atom stereocenters. The number of nitrogens with one attached hydrogen (secondary N) is 1. The first kappa shape index (κ1) is 7.88. The highest BCUT2D eigenvalue weighted by atomic mass is 19.3. The molecule has 0 aliphatic carbocycles. The van der Waals surface area contributed by atoms with E-state index in [1.165, 1.54) is 0 Å². The van der Waals surface area contributed by atoms with E-state index in [4.69, 9.17) is 4.74 Å². The molecule has 0 radical (unpaired) electrons. The smallest absolute Gasteiger partial charge is 0.253 e. The molecule has 0 bridgehead atoms. The monoisotopic (exact) mass is 151 g/mol. The summed E-state index contributed by atoms with van der Waals surface area (Å²) in [5.41, 5.74) is 0. The van der Waals surface area contributed by atoms with Gasteiger partial charge < -0.3 is 10.1 Å². The van der Waals surface area contributed by atoms with Crippen LogP contribution in [0.2, 0.25) is 0 Å². The number of methoxy groups -OCH3 is 1. The predicted molar refractivity (Wildman–Crippen MR) is 33.2 cm³/mol. The van der Waals surface area contributed by atoms with Crippen LogP contribution < -0.4 is 5.32 Å². The molecule has 0 spiro atoms. The van der Waals surface area contributed by atoms with Crippen molar-refractivity contribution in [2.75, 3.05) is 13.7 Å². The van der Waals surface area contributed by atoms with Gasteiger partial charge >= 0.3 is 0 Å². The molecule has 1 aliphatic rings. The summed E-state index contributed by atoms with van der Waals surface area (Å²) in [4.78, 5) is 0. The van der Waals surface area contributed by atoms with Crippen LogP contribution in [-0.4, -0.2) is 32.2 Å². The van der Waals surface area contributed by atoms with E-state index < -0.39 is 12.5 Å². The molecular formula is C6H11F2NO. The lowest BCUT2D eigenvalue weighted by atomic mass is 10.2. The van der Waals surface area contributed by atoms with E-state index >= 15 is 0 Å². The van der Waals surface area contributed by atoms with Crippen LogP contribution >= 0.6 is 0 Å². The fourth-order valence-electron chi connectivity index (χ4n) is 1.10. The van der Waals surface area contributed by atoms with Crippen LogP contribution in [0.1, 0.15) is 6.42 Å². The Kier molecular flexibility index (Phi) is 2.56. The van der Waals surface area contributed by atoms with Crippen LogP contribution in [0.3, 0.4) is 0 Å². The molecule has 60 valence electrons. The summed E-state index contributed by atoms with van der Waals surface area (Å²) in [5, 5.41) is 2.68. The lowest BCUT2D eigenvalue weighted by molar-refractivity contribution is 0.0847. The van der Waals surface area contributed by atoms with Crippen LogP contribution in [0.4, 0.5) is 8.78 Å². The van der Waals surface area contributed by atoms with Gasteiger partial charge in [-0.25, -0.2) is 8.78 Å². The Labute approximate surface area is 58.6 Å². The number of halogens is 2. The van der Waals surface area contributed by atoms with Gasteiger partial charge in [-0.2, -0.15) is 0 Å². The summed E-state index contributed by atoms with van der Waals surface area (Å²) in [6.07, 6.45) is -1.87. The molecule has 1 heterocycles. The first-order chi connectivity index (χ1) is 4.74. The van der Waals surface area contributed by atoms with Gasteiger partial charge in [-0.15, -0.1) is 0 Å². The Morgan fingerprint density at radius 3 is 2.60 bits per heavy atom. The van der Waals surface area contributed by atoms with E-state index in [0.717, 1.165) is 0 Å². The topological polar surface area (TPSA) is 21.3 Å². The molecule has 0 aromatic carbocycles. The SMILES string of the molecule is CO[C@H]1CN[C@H](C(F)F)C1. The van der Waals surface area contributed by atoms with Gasteiger partial charge in [0.25, 0.3) is 6.43 Å². The molecule has 1 fully saturated rings. The van der Waals surface area contributed by atoms with Crippen molar-refractivity contribution in [1.29, 1.82) is 0 Å². The van der Waals surface area contributed by atoms with Gasteiger partial charge in [0.1, 0.15) is 0 Å². The molecule has 0 aromatic heterocycles. The van der Waals surface area contributed by atoms with Gasteiger partial charge in [-0.3, -0.25) is 0 Å². The maximum absolute atomic E-state index is 11.9. The summed E-state index contributed by atoms with van der Waals surface area (Å²) in [6.45, 7) is 0.547. The highest BCUT2D eigenvalue weighted by Crippen LogP contribution is 2.15. The van der Waals surface area contributed by atoms with Crippen molar-refractivity contribution < 1.29 is 13.5 Å². The molecule has 0 unspecified atom stereocenters. The lowest BCUT2D eigenvalue weighted by Crippen LogP contribution is -2.28. The summed E-state index contributed by atoms with van der Waals surface area (Å²) >= 11 is 0. The summed E-state index contributed by atoms with van der Waals surface area (Å²) in [5.74, 6) is 0. The molecule has 1 aliphatic heterocycles. The van der Waals surface area contributed by atoms with Crippen molar-refractivity contribution in [2.24, 2.45) is 0 Å². The van der Waals surface area contributed by atoms with E-state index in [2.05, 4.69) is 5.32 Å². The zero-order chi connectivity index (χ0) is 7.56. The van der Waals surface area contributed by atoms with Gasteiger partial charge in [0, 0.05) is 13.7 Å². The van der Waals surface area contributed by atoms with E-state index in [1.807, 2.05) is 0 Å². The summed E-state index contributed by atoms with van der Waals surface area (Å²) in [6, 6.07) is -0.662. The molecule has 1 N–H and O–H groups in total. The normalized spacial score (nSPS) is 33.6. The third kappa shape index (κ3) is 1.64. The Balaban J connectivity index is 2.28. The van der Waals surface area contributed by atoms with Crippen molar-refractivity contribution >= 4 is 0 Å². The predicted octanol–water partition coefficient (Wildman–Crippen LogP) is 0.628. The van der Waals surface area contributed by atoms with Crippen molar-refractivity contribution in [3.8, 4) is 0 Å². The number of alkyl halides is 2. The quantitative estimate of drug-likeness (QED) is 0.625. The average molecular weight is 151 g/mol. The van der Waals surface area contributed by atoms with E-state index in [1.54, 1.807) is 7.11 Å². The third-order valence-corrected chi connectivity index (χ3v) is 1.76. The van der Waals surface area contributed by atoms with E-state index in [9.17, 15) is 8.78 Å². The lowest BCUT2D eigenvalue weighted by Gasteiger charge is -2.07.